The van der Waals surface area contributed by atoms with Crippen molar-refractivity contribution in [1.82, 2.24) is 0 Å². The van der Waals surface area contributed by atoms with E-state index < -0.39 is 4.92 Å². The number of hydrogen-bond donors (Lipinski definition) is 2. The van der Waals surface area contributed by atoms with Gasteiger partial charge in [-0.3, -0.25) is 15.5 Å². The van der Waals surface area contributed by atoms with Crippen LogP contribution in [0.2, 0.25) is 0 Å². The summed E-state index contributed by atoms with van der Waals surface area (Å²) in [6.07, 6.45) is 0. The Morgan fingerprint density at radius 3 is 2.82 bits per heavy atom. The maximum Gasteiger partial charge on any atom is 0.311 e. The highest BCUT2D eigenvalue weighted by atomic mass is 16.6. The first-order chi connectivity index (χ1) is 7.91. The molecule has 0 aromatic heterocycles. The number of ether oxygens (including phenoxy) is 1. The van der Waals surface area contributed by atoms with E-state index in [1.54, 1.807) is 26.0 Å². The van der Waals surface area contributed by atoms with E-state index in [1.807, 2.05) is 0 Å². The van der Waals surface area contributed by atoms with Gasteiger partial charge in [-0.15, -0.1) is 0 Å². The third-order valence-corrected chi connectivity index (χ3v) is 2.33. The highest BCUT2D eigenvalue weighted by Gasteiger charge is 2.16. The van der Waals surface area contributed by atoms with Crippen LogP contribution in [-0.2, 0) is 0 Å². The van der Waals surface area contributed by atoms with Crippen LogP contribution in [0.25, 0.3) is 0 Å². The van der Waals surface area contributed by atoms with Gasteiger partial charge in [0.25, 0.3) is 0 Å². The number of nitro benzene ring substituents is 1. The number of nitrogens with zero attached hydrogens (tertiary/aromatic N) is 1. The monoisotopic (exact) mass is 237 g/mol. The number of nitro groups is 1. The van der Waals surface area contributed by atoms with Crippen molar-refractivity contribution < 1.29 is 9.66 Å². The van der Waals surface area contributed by atoms with Crippen molar-refractivity contribution in [2.24, 2.45) is 11.7 Å². The van der Waals surface area contributed by atoms with Gasteiger partial charge in [0.05, 0.1) is 17.4 Å². The van der Waals surface area contributed by atoms with Crippen LogP contribution >= 0.6 is 0 Å². The summed E-state index contributed by atoms with van der Waals surface area (Å²) in [7, 11) is 0. The molecule has 0 fully saturated rings. The number of amidine groups is 1. The van der Waals surface area contributed by atoms with Gasteiger partial charge >= 0.3 is 5.69 Å². The average molecular weight is 237 g/mol. The Bertz CT molecular complexity index is 446. The minimum absolute atomic E-state index is 0.000218. The molecule has 0 saturated heterocycles. The number of hydrogen-bond acceptors (Lipinski definition) is 4. The van der Waals surface area contributed by atoms with Gasteiger partial charge < -0.3 is 10.5 Å². The van der Waals surface area contributed by atoms with Crippen molar-refractivity contribution in [3.8, 4) is 5.75 Å². The molecule has 0 aliphatic heterocycles. The molecule has 0 saturated carbocycles. The number of benzene rings is 1. The van der Waals surface area contributed by atoms with Crippen molar-refractivity contribution in [2.75, 3.05) is 6.61 Å². The molecule has 0 amide bonds. The molecule has 0 heterocycles. The molecule has 1 atom stereocenters. The Balaban J connectivity index is 2.84. The summed E-state index contributed by atoms with van der Waals surface area (Å²) in [4.78, 5) is 10.3. The van der Waals surface area contributed by atoms with E-state index in [-0.39, 0.29) is 29.8 Å². The molecule has 0 aliphatic carbocycles. The molecule has 92 valence electrons. The van der Waals surface area contributed by atoms with Crippen LogP contribution in [0, 0.1) is 28.4 Å². The van der Waals surface area contributed by atoms with Gasteiger partial charge in [0.2, 0.25) is 0 Å². The largest absolute Gasteiger partial charge is 0.486 e. The van der Waals surface area contributed by atoms with Crippen molar-refractivity contribution in [2.45, 2.75) is 13.8 Å². The maximum absolute atomic E-state index is 10.8. The molecule has 1 rings (SSSR count). The van der Waals surface area contributed by atoms with E-state index >= 15 is 0 Å². The summed E-state index contributed by atoms with van der Waals surface area (Å²) in [5.41, 5.74) is 6.02. The molecular weight excluding hydrogens is 222 g/mol. The Morgan fingerprint density at radius 1 is 1.65 bits per heavy atom. The van der Waals surface area contributed by atoms with Gasteiger partial charge in [0, 0.05) is 12.0 Å². The van der Waals surface area contributed by atoms with Crippen molar-refractivity contribution >= 4 is 11.5 Å². The van der Waals surface area contributed by atoms with Crippen LogP contribution in [0.5, 0.6) is 5.75 Å². The normalized spacial score (nSPS) is 11.9. The fraction of sp³-hybridized carbons (Fsp3) is 0.364. The quantitative estimate of drug-likeness (QED) is 0.353. The van der Waals surface area contributed by atoms with E-state index in [4.69, 9.17) is 15.9 Å². The van der Waals surface area contributed by atoms with Gasteiger partial charge in [-0.05, 0) is 18.6 Å². The predicted molar refractivity (Wildman–Crippen MR) is 64.4 cm³/mol. The van der Waals surface area contributed by atoms with Crippen molar-refractivity contribution in [3.05, 3.63) is 33.9 Å². The second-order valence-electron chi connectivity index (χ2n) is 3.90. The molecule has 1 aromatic rings. The zero-order valence-electron chi connectivity index (χ0n) is 9.77. The zero-order valence-corrected chi connectivity index (χ0v) is 9.77. The molecule has 3 N–H and O–H groups in total. The van der Waals surface area contributed by atoms with Crippen LogP contribution in [0.4, 0.5) is 5.69 Å². The first-order valence-electron chi connectivity index (χ1n) is 5.13. The second kappa shape index (κ2) is 5.29. The highest BCUT2D eigenvalue weighted by molar-refractivity contribution is 5.79. The minimum Gasteiger partial charge on any atom is -0.486 e. The molecule has 1 unspecified atom stereocenters. The van der Waals surface area contributed by atoms with Crippen molar-refractivity contribution in [3.63, 3.8) is 0 Å². The molecule has 17 heavy (non-hydrogen) atoms. The Hall–Kier alpha value is -2.11. The summed E-state index contributed by atoms with van der Waals surface area (Å²) in [5, 5.41) is 18.0. The summed E-state index contributed by atoms with van der Waals surface area (Å²) >= 11 is 0. The smallest absolute Gasteiger partial charge is 0.311 e. The van der Waals surface area contributed by atoms with E-state index in [0.717, 1.165) is 5.56 Å². The first-order valence-corrected chi connectivity index (χ1v) is 5.13. The third kappa shape index (κ3) is 3.44. The van der Waals surface area contributed by atoms with Crippen LogP contribution < -0.4 is 10.5 Å². The maximum atomic E-state index is 10.8. The average Bonchev–Trinajstić information content (AvgIpc) is 2.26. The molecular formula is C11H15N3O3. The lowest BCUT2D eigenvalue weighted by Gasteiger charge is -2.11. The van der Waals surface area contributed by atoms with E-state index in [0.29, 0.717) is 0 Å². The number of rotatable bonds is 5. The number of aryl methyl sites for hydroxylation is 1. The lowest BCUT2D eigenvalue weighted by Crippen LogP contribution is -2.25. The third-order valence-electron chi connectivity index (χ3n) is 2.33. The van der Waals surface area contributed by atoms with Gasteiger partial charge in [0.1, 0.15) is 0 Å². The summed E-state index contributed by atoms with van der Waals surface area (Å²) < 4.78 is 5.31. The molecule has 0 spiro atoms. The van der Waals surface area contributed by atoms with Crippen LogP contribution in [0.15, 0.2) is 18.2 Å². The molecule has 6 nitrogen and oxygen atoms in total. The van der Waals surface area contributed by atoms with Crippen LogP contribution in [0.1, 0.15) is 12.5 Å². The van der Waals surface area contributed by atoms with Crippen LogP contribution in [0.3, 0.4) is 0 Å². The number of nitrogens with one attached hydrogen (secondary N) is 1. The summed E-state index contributed by atoms with van der Waals surface area (Å²) in [6, 6.07) is 4.74. The van der Waals surface area contributed by atoms with E-state index in [2.05, 4.69) is 0 Å². The standard InChI is InChI=1S/C11H15N3O3/c1-7-3-4-10(9(5-7)14(15)16)17-6-8(2)11(12)13/h3-5,8H,6H2,1-2H3,(H3,12,13). The van der Waals surface area contributed by atoms with Gasteiger partial charge in [-0.25, -0.2) is 0 Å². The van der Waals surface area contributed by atoms with Gasteiger partial charge in [0.15, 0.2) is 5.75 Å². The van der Waals surface area contributed by atoms with Gasteiger partial charge in [-0.1, -0.05) is 13.0 Å². The number of nitrogens with two attached hydrogens (primary N) is 1. The first kappa shape index (κ1) is 13.0. The highest BCUT2D eigenvalue weighted by Crippen LogP contribution is 2.27. The molecule has 0 bridgehead atoms. The fourth-order valence-corrected chi connectivity index (χ4v) is 1.20. The predicted octanol–water partition coefficient (Wildman–Crippen LogP) is 1.85. The van der Waals surface area contributed by atoms with E-state index in [9.17, 15) is 10.1 Å². The Kier molecular flexibility index (Phi) is 4.03. The lowest BCUT2D eigenvalue weighted by molar-refractivity contribution is -0.385. The Morgan fingerprint density at radius 2 is 2.29 bits per heavy atom. The SMILES string of the molecule is Cc1ccc(OCC(C)C(=N)N)c([N+](=O)[O-])c1. The lowest BCUT2D eigenvalue weighted by atomic mass is 10.2. The molecule has 0 radical (unpaired) electrons. The molecule has 1 aromatic carbocycles. The van der Waals surface area contributed by atoms with Crippen LogP contribution in [-0.4, -0.2) is 17.4 Å². The zero-order chi connectivity index (χ0) is 13.0. The van der Waals surface area contributed by atoms with Crippen molar-refractivity contribution in [1.29, 1.82) is 5.41 Å². The summed E-state index contributed by atoms with van der Waals surface area (Å²) in [6.45, 7) is 3.65. The van der Waals surface area contributed by atoms with Gasteiger partial charge in [-0.2, -0.15) is 0 Å². The molecule has 0 aliphatic rings. The Labute approximate surface area is 99.0 Å². The second-order valence-corrected chi connectivity index (χ2v) is 3.90. The summed E-state index contributed by atoms with van der Waals surface area (Å²) in [5.74, 6) is -0.0654. The molecule has 6 heteroatoms. The van der Waals surface area contributed by atoms with E-state index in [1.165, 1.54) is 6.07 Å². The topological polar surface area (TPSA) is 102 Å². The fourth-order valence-electron chi connectivity index (χ4n) is 1.20. The minimum atomic E-state index is -0.485.